The van der Waals surface area contributed by atoms with Crippen LogP contribution in [-0.4, -0.2) is 115 Å². The van der Waals surface area contributed by atoms with E-state index >= 15 is 0 Å². The van der Waals surface area contributed by atoms with Crippen LogP contribution < -0.4 is 10.6 Å². The second-order valence-electron chi connectivity index (χ2n) is 11.2. The lowest BCUT2D eigenvalue weighted by atomic mass is 9.90. The predicted molar refractivity (Wildman–Crippen MR) is 161 cm³/mol. The highest BCUT2D eigenvalue weighted by Crippen LogP contribution is 2.34. The molecule has 0 bridgehead atoms. The molecule has 2 heterocycles. The molecule has 5 rings (SSSR count). The van der Waals surface area contributed by atoms with Gasteiger partial charge in [-0.1, -0.05) is 24.3 Å². The molecule has 3 aromatic carbocycles. The van der Waals surface area contributed by atoms with Crippen molar-refractivity contribution < 1.29 is 59.9 Å². The Bertz CT molecular complexity index is 1400. The molecule has 0 aromatic heterocycles. The molecule has 14 heteroatoms. The van der Waals surface area contributed by atoms with Gasteiger partial charge in [-0.25, -0.2) is 0 Å². The minimum Gasteiger partial charge on any atom is -0.394 e. The zero-order valence-corrected chi connectivity index (χ0v) is 24.3. The van der Waals surface area contributed by atoms with Crippen LogP contribution in [0.15, 0.2) is 72.8 Å². The third-order valence-corrected chi connectivity index (χ3v) is 8.14. The molecule has 0 spiro atoms. The van der Waals surface area contributed by atoms with Crippen molar-refractivity contribution in [2.45, 2.75) is 61.0 Å². The lowest BCUT2D eigenvalue weighted by Gasteiger charge is -2.40. The Kier molecular flexibility index (Phi) is 10.4. The molecular weight excluding hydrogens is 604 g/mol. The Balaban J connectivity index is 1.22. The van der Waals surface area contributed by atoms with Gasteiger partial charge in [0.2, 0.25) is 0 Å². The second-order valence-corrected chi connectivity index (χ2v) is 11.2. The first-order valence-corrected chi connectivity index (χ1v) is 14.6. The monoisotopic (exact) mass is 640 g/mol. The molecule has 246 valence electrons. The number of ether oxygens (including phenoxy) is 2. The van der Waals surface area contributed by atoms with Gasteiger partial charge >= 0.3 is 0 Å². The lowest BCUT2D eigenvalue weighted by Crippen LogP contribution is -2.55. The first-order chi connectivity index (χ1) is 22.0. The molecule has 10 N–H and O–H groups in total. The van der Waals surface area contributed by atoms with Crippen LogP contribution >= 0.6 is 0 Å². The molecule has 2 aliphatic rings. The van der Waals surface area contributed by atoms with Crippen LogP contribution in [0.5, 0.6) is 0 Å². The maximum Gasteiger partial charge on any atom is 0.255 e. The van der Waals surface area contributed by atoms with Crippen LogP contribution in [0.25, 0.3) is 0 Å². The van der Waals surface area contributed by atoms with Crippen molar-refractivity contribution >= 4 is 23.2 Å². The van der Waals surface area contributed by atoms with Crippen LogP contribution in [0, 0.1) is 0 Å². The average molecular weight is 641 g/mol. The summed E-state index contributed by atoms with van der Waals surface area (Å²) in [5.41, 5.74) is 1.96. The number of anilines is 2. The summed E-state index contributed by atoms with van der Waals surface area (Å²) in [7, 11) is 0. The topological polar surface area (TPSA) is 238 Å². The molecule has 0 aliphatic carbocycles. The van der Waals surface area contributed by atoms with Crippen LogP contribution in [0.3, 0.4) is 0 Å². The molecule has 2 saturated heterocycles. The van der Waals surface area contributed by atoms with Crippen LogP contribution in [0.4, 0.5) is 11.4 Å². The second kappa shape index (κ2) is 14.3. The molecule has 0 saturated carbocycles. The Morgan fingerprint density at radius 2 is 0.913 bits per heavy atom. The average Bonchev–Trinajstić information content (AvgIpc) is 3.07. The van der Waals surface area contributed by atoms with E-state index in [0.29, 0.717) is 22.5 Å². The molecule has 2 aliphatic heterocycles. The molecule has 46 heavy (non-hydrogen) atoms. The van der Waals surface area contributed by atoms with Crippen molar-refractivity contribution in [1.29, 1.82) is 0 Å². The molecule has 0 radical (unpaired) electrons. The van der Waals surface area contributed by atoms with Gasteiger partial charge in [0.15, 0.2) is 0 Å². The van der Waals surface area contributed by atoms with Gasteiger partial charge in [-0.2, -0.15) is 0 Å². The molecule has 2 fully saturated rings. The maximum absolute atomic E-state index is 13.0. The van der Waals surface area contributed by atoms with Crippen LogP contribution in [-0.2, 0) is 9.47 Å². The minimum absolute atomic E-state index is 0.214. The highest BCUT2D eigenvalue weighted by Gasteiger charge is 2.45. The van der Waals surface area contributed by atoms with E-state index in [1.54, 1.807) is 48.5 Å². The number of rotatable bonds is 8. The van der Waals surface area contributed by atoms with Gasteiger partial charge in [-0.05, 0) is 59.7 Å². The Hall–Kier alpha value is -3.80. The smallest absolute Gasteiger partial charge is 0.255 e. The number of benzene rings is 3. The van der Waals surface area contributed by atoms with E-state index in [0.717, 1.165) is 0 Å². The van der Waals surface area contributed by atoms with E-state index in [4.69, 9.17) is 9.47 Å². The van der Waals surface area contributed by atoms with Crippen LogP contribution in [0.2, 0.25) is 0 Å². The number of nitrogens with one attached hydrogen (secondary N) is 2. The first kappa shape index (κ1) is 33.6. The fourth-order valence-electron chi connectivity index (χ4n) is 5.51. The normalized spacial score (nSPS) is 31.2. The third kappa shape index (κ3) is 6.96. The fourth-order valence-corrected chi connectivity index (χ4v) is 5.51. The molecule has 10 atom stereocenters. The quantitative estimate of drug-likeness (QED) is 0.146. The molecular formula is C32H36N2O12. The number of amides is 2. The van der Waals surface area contributed by atoms with Gasteiger partial charge in [-0.15, -0.1) is 0 Å². The summed E-state index contributed by atoms with van der Waals surface area (Å²) in [4.78, 5) is 26.0. The summed E-state index contributed by atoms with van der Waals surface area (Å²) in [5, 5.41) is 85.6. The predicted octanol–water partition coefficient (Wildman–Crippen LogP) is -0.779. The Labute approximate surface area is 263 Å². The van der Waals surface area contributed by atoms with Gasteiger partial charge in [0.05, 0.1) is 13.2 Å². The largest absolute Gasteiger partial charge is 0.394 e. The van der Waals surface area contributed by atoms with Crippen molar-refractivity contribution in [3.8, 4) is 0 Å². The highest BCUT2D eigenvalue weighted by atomic mass is 16.6. The van der Waals surface area contributed by atoms with Gasteiger partial charge < -0.3 is 61.0 Å². The van der Waals surface area contributed by atoms with Crippen molar-refractivity contribution in [3.63, 3.8) is 0 Å². The van der Waals surface area contributed by atoms with E-state index in [2.05, 4.69) is 10.6 Å². The summed E-state index contributed by atoms with van der Waals surface area (Å²) >= 11 is 0. The lowest BCUT2D eigenvalue weighted by molar-refractivity contribution is -0.231. The van der Waals surface area contributed by atoms with Crippen molar-refractivity contribution in [1.82, 2.24) is 0 Å². The van der Waals surface area contributed by atoms with Crippen LogP contribution in [0.1, 0.15) is 44.1 Å². The third-order valence-electron chi connectivity index (χ3n) is 8.14. The van der Waals surface area contributed by atoms with Crippen molar-refractivity contribution in [3.05, 3.63) is 95.1 Å². The highest BCUT2D eigenvalue weighted by molar-refractivity contribution is 6.06. The van der Waals surface area contributed by atoms with Crippen molar-refractivity contribution in [2.24, 2.45) is 0 Å². The molecule has 0 unspecified atom stereocenters. The van der Waals surface area contributed by atoms with E-state index in [1.807, 2.05) is 0 Å². The number of aliphatic hydroxyl groups is 8. The summed E-state index contributed by atoms with van der Waals surface area (Å²) < 4.78 is 11.2. The van der Waals surface area contributed by atoms with Gasteiger partial charge in [0, 0.05) is 22.5 Å². The molecule has 2 amide bonds. The van der Waals surface area contributed by atoms with E-state index < -0.39 is 86.1 Å². The summed E-state index contributed by atoms with van der Waals surface area (Å²) in [6, 6.07) is 18.6. The minimum atomic E-state index is -1.56. The SMILES string of the molecule is O=C(Nc1ccc(NC(=O)c2cccc([C@H]3O[C@H](CO)[C@@H](O)[C@H](O)[C@H]3O)c2)cc1)c1cccc([C@H]2O[C@H](CO)[C@@H](O)[C@H](O)[C@H]2O)c1. The Morgan fingerprint density at radius 3 is 1.26 bits per heavy atom. The zero-order valence-electron chi connectivity index (χ0n) is 24.3. The fraction of sp³-hybridized carbons (Fsp3) is 0.375. The Morgan fingerprint density at radius 1 is 0.543 bits per heavy atom. The van der Waals surface area contributed by atoms with Crippen molar-refractivity contribution in [2.75, 3.05) is 23.8 Å². The van der Waals surface area contributed by atoms with Gasteiger partial charge in [0.1, 0.15) is 61.0 Å². The van der Waals surface area contributed by atoms with E-state index in [9.17, 15) is 50.4 Å². The number of hydrogen-bond donors (Lipinski definition) is 10. The number of hydrogen-bond acceptors (Lipinski definition) is 12. The van der Waals surface area contributed by atoms with Gasteiger partial charge in [0.25, 0.3) is 11.8 Å². The summed E-state index contributed by atoms with van der Waals surface area (Å²) in [6.45, 7) is -1.15. The number of aliphatic hydroxyl groups excluding tert-OH is 8. The standard InChI is InChI=1S/C32H36N2O12/c35-13-21-23(37)25(39)27(41)29(45-21)15-3-1-5-17(11-15)31(43)33-19-7-9-20(10-8-19)34-32(44)18-6-2-4-16(12-18)30-28(42)26(40)24(38)22(14-36)46-30/h1-12,21-30,35-42H,13-14H2,(H,33,43)(H,34,44)/t21-,22-,23-,24-,25+,26+,27-,28-,29-,30-/m1/s1. The zero-order chi connectivity index (χ0) is 33.1. The van der Waals surface area contributed by atoms with E-state index in [-0.39, 0.29) is 11.1 Å². The number of carbonyl (C=O) groups excluding carboxylic acids is 2. The summed E-state index contributed by atoms with van der Waals surface area (Å²) in [6.07, 6.45) is -13.5. The van der Waals surface area contributed by atoms with Gasteiger partial charge in [-0.3, -0.25) is 9.59 Å². The van der Waals surface area contributed by atoms with E-state index in [1.165, 1.54) is 24.3 Å². The number of carbonyl (C=O) groups is 2. The molecule has 14 nitrogen and oxygen atoms in total. The molecule has 3 aromatic rings. The first-order valence-electron chi connectivity index (χ1n) is 14.6. The maximum atomic E-state index is 13.0. The summed E-state index contributed by atoms with van der Waals surface area (Å²) in [5.74, 6) is -0.985.